The van der Waals surface area contributed by atoms with Crippen LogP contribution in [0.2, 0.25) is 0 Å². The molecular weight excluding hydrogens is 330 g/mol. The Morgan fingerprint density at radius 2 is 2.00 bits per heavy atom. The van der Waals surface area contributed by atoms with Gasteiger partial charge < -0.3 is 4.57 Å². The van der Waals surface area contributed by atoms with Gasteiger partial charge in [0.1, 0.15) is 0 Å². The molecule has 0 fully saturated rings. The Bertz CT molecular complexity index is 726. The van der Waals surface area contributed by atoms with E-state index in [1.807, 2.05) is 18.2 Å². The van der Waals surface area contributed by atoms with Gasteiger partial charge in [-0.2, -0.15) is 0 Å². The summed E-state index contributed by atoms with van der Waals surface area (Å²) in [5, 5.41) is 0.970. The van der Waals surface area contributed by atoms with Gasteiger partial charge in [0.15, 0.2) is 5.16 Å². The molecule has 0 saturated carbocycles. The Morgan fingerprint density at radius 3 is 2.74 bits per heavy atom. The third kappa shape index (κ3) is 5.82. The van der Waals surface area contributed by atoms with Crippen molar-refractivity contribution in [2.45, 2.75) is 44.3 Å². The lowest BCUT2D eigenvalue weighted by atomic mass is 10.2. The standard InChI is InChI=1S/C16H25N3O2S2/c1-3-4-5-8-12-19-15-10-7-6-9-14(15)18-16(19)22-13-11-17-23(2,20)21/h6-7,9-10,17H,3-5,8,11-13H2,1-2H3. The van der Waals surface area contributed by atoms with Crippen LogP contribution in [0, 0.1) is 0 Å². The molecule has 1 aromatic carbocycles. The third-order valence-corrected chi connectivity index (χ3v) is 5.26. The number of sulfonamides is 1. The first-order chi connectivity index (χ1) is 11.0. The highest BCUT2D eigenvalue weighted by atomic mass is 32.2. The second-order valence-electron chi connectivity index (χ2n) is 5.61. The van der Waals surface area contributed by atoms with Gasteiger partial charge in [0.05, 0.1) is 17.3 Å². The van der Waals surface area contributed by atoms with Crippen molar-refractivity contribution in [3.63, 3.8) is 0 Å². The molecule has 7 heteroatoms. The summed E-state index contributed by atoms with van der Waals surface area (Å²) >= 11 is 1.60. The van der Waals surface area contributed by atoms with Crippen LogP contribution < -0.4 is 4.72 Å². The number of thioether (sulfide) groups is 1. The Morgan fingerprint density at radius 1 is 1.22 bits per heavy atom. The number of nitrogens with one attached hydrogen (secondary N) is 1. The molecule has 0 atom stereocenters. The maximum atomic E-state index is 11.1. The maximum Gasteiger partial charge on any atom is 0.208 e. The predicted molar refractivity (Wildman–Crippen MR) is 97.4 cm³/mol. The van der Waals surface area contributed by atoms with Gasteiger partial charge in [-0.05, 0) is 18.6 Å². The van der Waals surface area contributed by atoms with Crippen LogP contribution >= 0.6 is 11.8 Å². The molecule has 0 aliphatic carbocycles. The lowest BCUT2D eigenvalue weighted by molar-refractivity contribution is 0.563. The second kappa shape index (κ2) is 8.70. The molecule has 0 amide bonds. The second-order valence-corrected chi connectivity index (χ2v) is 8.51. The highest BCUT2D eigenvalue weighted by molar-refractivity contribution is 7.99. The Hall–Kier alpha value is -1.05. The molecule has 2 rings (SSSR count). The van der Waals surface area contributed by atoms with Gasteiger partial charge in [0, 0.05) is 18.8 Å². The highest BCUT2D eigenvalue weighted by Gasteiger charge is 2.11. The summed E-state index contributed by atoms with van der Waals surface area (Å²) in [5.74, 6) is 0.672. The van der Waals surface area contributed by atoms with Gasteiger partial charge in [0.25, 0.3) is 0 Å². The van der Waals surface area contributed by atoms with Crippen molar-refractivity contribution in [3.05, 3.63) is 24.3 Å². The van der Waals surface area contributed by atoms with Crippen molar-refractivity contribution in [3.8, 4) is 0 Å². The number of imidazole rings is 1. The Labute approximate surface area is 142 Å². The van der Waals surface area contributed by atoms with Crippen LogP contribution in [0.1, 0.15) is 32.6 Å². The number of nitrogens with zero attached hydrogens (tertiary/aromatic N) is 2. The molecule has 1 heterocycles. The van der Waals surface area contributed by atoms with Crippen LogP contribution in [-0.4, -0.2) is 36.5 Å². The zero-order chi connectivity index (χ0) is 16.7. The van der Waals surface area contributed by atoms with Crippen LogP contribution in [0.3, 0.4) is 0 Å². The number of rotatable bonds is 10. The molecule has 0 aliphatic heterocycles. The van der Waals surface area contributed by atoms with E-state index in [-0.39, 0.29) is 0 Å². The van der Waals surface area contributed by atoms with E-state index in [1.165, 1.54) is 25.5 Å². The lowest BCUT2D eigenvalue weighted by Crippen LogP contribution is -2.24. The van der Waals surface area contributed by atoms with E-state index in [2.05, 4.69) is 22.3 Å². The van der Waals surface area contributed by atoms with Crippen molar-refractivity contribution in [1.29, 1.82) is 0 Å². The highest BCUT2D eigenvalue weighted by Crippen LogP contribution is 2.24. The fraction of sp³-hybridized carbons (Fsp3) is 0.562. The molecule has 0 bridgehead atoms. The predicted octanol–water partition coefficient (Wildman–Crippen LogP) is 3.26. The fourth-order valence-corrected chi connectivity index (χ4v) is 3.94. The normalized spacial score (nSPS) is 12.1. The van der Waals surface area contributed by atoms with E-state index in [0.29, 0.717) is 12.3 Å². The number of fused-ring (bicyclic) bond motifs is 1. The largest absolute Gasteiger partial charge is 0.319 e. The molecule has 1 N–H and O–H groups in total. The number of hydrogen-bond acceptors (Lipinski definition) is 4. The molecule has 128 valence electrons. The van der Waals surface area contributed by atoms with Crippen LogP contribution in [0.25, 0.3) is 11.0 Å². The van der Waals surface area contributed by atoms with Gasteiger partial charge in [-0.3, -0.25) is 0 Å². The van der Waals surface area contributed by atoms with Crippen LogP contribution in [0.5, 0.6) is 0 Å². The summed E-state index contributed by atoms with van der Waals surface area (Å²) in [6.07, 6.45) is 6.03. The molecule has 23 heavy (non-hydrogen) atoms. The number of hydrogen-bond donors (Lipinski definition) is 1. The molecular formula is C16H25N3O2S2. The Kier molecular flexibility index (Phi) is 6.92. The number of aryl methyl sites for hydroxylation is 1. The van der Waals surface area contributed by atoms with E-state index in [0.717, 1.165) is 29.2 Å². The van der Waals surface area contributed by atoms with Gasteiger partial charge in [-0.1, -0.05) is 50.1 Å². The molecule has 1 aromatic heterocycles. The minimum absolute atomic E-state index is 0.419. The van der Waals surface area contributed by atoms with E-state index in [1.54, 1.807) is 11.8 Å². The van der Waals surface area contributed by atoms with E-state index in [9.17, 15) is 8.42 Å². The first-order valence-electron chi connectivity index (χ1n) is 8.04. The van der Waals surface area contributed by atoms with E-state index < -0.39 is 10.0 Å². The summed E-state index contributed by atoms with van der Waals surface area (Å²) in [4.78, 5) is 4.69. The van der Waals surface area contributed by atoms with Crippen molar-refractivity contribution in [1.82, 2.24) is 14.3 Å². The van der Waals surface area contributed by atoms with Crippen molar-refractivity contribution in [2.75, 3.05) is 18.6 Å². The average molecular weight is 356 g/mol. The molecule has 0 spiro atoms. The topological polar surface area (TPSA) is 64.0 Å². The summed E-state index contributed by atoms with van der Waals surface area (Å²) in [7, 11) is -3.12. The molecule has 2 aromatic rings. The van der Waals surface area contributed by atoms with Gasteiger partial charge in [0.2, 0.25) is 10.0 Å². The SMILES string of the molecule is CCCCCCn1c(SCCNS(C)(=O)=O)nc2ccccc21. The van der Waals surface area contributed by atoms with Crippen molar-refractivity contribution in [2.24, 2.45) is 0 Å². The van der Waals surface area contributed by atoms with E-state index in [4.69, 9.17) is 4.98 Å². The number of aromatic nitrogens is 2. The van der Waals surface area contributed by atoms with Gasteiger partial charge in [-0.25, -0.2) is 18.1 Å². The average Bonchev–Trinajstić information content (AvgIpc) is 2.85. The van der Waals surface area contributed by atoms with Crippen LogP contribution in [-0.2, 0) is 16.6 Å². The van der Waals surface area contributed by atoms with Gasteiger partial charge >= 0.3 is 0 Å². The minimum Gasteiger partial charge on any atom is -0.319 e. The molecule has 0 saturated heterocycles. The Balaban J connectivity index is 2.04. The zero-order valence-corrected chi connectivity index (χ0v) is 15.4. The van der Waals surface area contributed by atoms with Crippen LogP contribution in [0.15, 0.2) is 29.4 Å². The molecule has 5 nitrogen and oxygen atoms in total. The molecule has 0 aliphatic rings. The first kappa shape index (κ1) is 18.3. The van der Waals surface area contributed by atoms with Crippen LogP contribution in [0.4, 0.5) is 0 Å². The van der Waals surface area contributed by atoms with Gasteiger partial charge in [-0.15, -0.1) is 0 Å². The molecule has 0 radical (unpaired) electrons. The molecule has 0 unspecified atom stereocenters. The third-order valence-electron chi connectivity index (χ3n) is 3.55. The van der Waals surface area contributed by atoms with Crippen molar-refractivity contribution < 1.29 is 8.42 Å². The summed E-state index contributed by atoms with van der Waals surface area (Å²) in [5.41, 5.74) is 2.16. The summed E-state index contributed by atoms with van der Waals surface area (Å²) in [6.45, 7) is 3.59. The monoisotopic (exact) mass is 355 g/mol. The number of unbranched alkanes of at least 4 members (excludes halogenated alkanes) is 3. The minimum atomic E-state index is -3.12. The maximum absolute atomic E-state index is 11.1. The first-order valence-corrected chi connectivity index (χ1v) is 10.9. The quantitative estimate of drug-likeness (QED) is 0.525. The zero-order valence-electron chi connectivity index (χ0n) is 13.8. The van der Waals surface area contributed by atoms with E-state index >= 15 is 0 Å². The fourth-order valence-electron chi connectivity index (χ4n) is 2.45. The smallest absolute Gasteiger partial charge is 0.208 e. The number of benzene rings is 1. The lowest BCUT2D eigenvalue weighted by Gasteiger charge is -2.09. The number of para-hydroxylation sites is 2. The summed E-state index contributed by atoms with van der Waals surface area (Å²) < 4.78 is 27.0. The van der Waals surface area contributed by atoms with Crippen molar-refractivity contribution >= 4 is 32.8 Å². The summed E-state index contributed by atoms with van der Waals surface area (Å²) in [6, 6.07) is 8.15.